The number of anilines is 3. The molecule has 10 heteroatoms. The van der Waals surface area contributed by atoms with E-state index in [2.05, 4.69) is 26.3 Å². The third kappa shape index (κ3) is 7.41. The van der Waals surface area contributed by atoms with E-state index in [0.717, 1.165) is 36.4 Å². The minimum atomic E-state index is -0.833. The Morgan fingerprint density at radius 1 is 1.00 bits per heavy atom. The van der Waals surface area contributed by atoms with Gasteiger partial charge >= 0.3 is 0 Å². The first-order chi connectivity index (χ1) is 15.2. The first kappa shape index (κ1) is 23.8. The van der Waals surface area contributed by atoms with E-state index >= 15 is 0 Å². The number of aliphatic carboxylic acids is 2. The molecule has 0 unspecified atom stereocenters. The molecule has 166 valence electrons. The summed E-state index contributed by atoms with van der Waals surface area (Å²) in [6, 6.07) is 14.9. The molecule has 0 fully saturated rings. The number of carboxylic acids is 2. The lowest BCUT2D eigenvalue weighted by Gasteiger charge is -2.09. The standard InChI is InChI=1S/C18H15N5O.2C2H4O2/c19-18-20-8-7-16(23-18)22-13-4-1-12-10-21-17(15(12)9-13)11-2-5-14(24)6-3-11;2*1-2(3)4/h1-9,24H,10H2,(H3,19,20,22,23);2*1H3,(H,3,4). The molecule has 10 nitrogen and oxygen atoms in total. The molecule has 4 rings (SSSR count). The predicted octanol–water partition coefficient (Wildman–Crippen LogP) is 3.04. The molecule has 0 radical (unpaired) electrons. The van der Waals surface area contributed by atoms with Gasteiger partial charge in [0.05, 0.1) is 12.3 Å². The quantitative estimate of drug-likeness (QED) is 0.413. The topological polar surface area (TPSA) is 171 Å². The number of fused-ring (bicyclic) bond motifs is 1. The number of phenols is 1. The summed E-state index contributed by atoms with van der Waals surface area (Å²) < 4.78 is 0. The molecule has 0 atom stereocenters. The van der Waals surface area contributed by atoms with Crippen LogP contribution in [0.4, 0.5) is 17.5 Å². The van der Waals surface area contributed by atoms with Crippen LogP contribution in [0.5, 0.6) is 5.75 Å². The van der Waals surface area contributed by atoms with E-state index in [1.807, 2.05) is 24.3 Å². The molecule has 0 aliphatic carbocycles. The fourth-order valence-corrected chi connectivity index (χ4v) is 2.72. The maximum atomic E-state index is 9.45. The van der Waals surface area contributed by atoms with Crippen LogP contribution in [0, 0.1) is 0 Å². The Balaban J connectivity index is 0.000000395. The van der Waals surface area contributed by atoms with Gasteiger partial charge in [0.2, 0.25) is 5.95 Å². The van der Waals surface area contributed by atoms with Crippen molar-refractivity contribution >= 4 is 35.1 Å². The lowest BCUT2D eigenvalue weighted by molar-refractivity contribution is -0.135. The fraction of sp³-hybridized carbons (Fsp3) is 0.136. The average Bonchev–Trinajstić information content (AvgIpc) is 3.11. The number of carbonyl (C=O) groups is 2. The van der Waals surface area contributed by atoms with Crippen molar-refractivity contribution in [3.05, 3.63) is 71.4 Å². The Bertz CT molecular complexity index is 1110. The number of aliphatic imine (C=N–C) groups is 1. The summed E-state index contributed by atoms with van der Waals surface area (Å²) in [4.78, 5) is 30.7. The number of hydrogen-bond donors (Lipinski definition) is 5. The van der Waals surface area contributed by atoms with E-state index in [-0.39, 0.29) is 11.7 Å². The highest BCUT2D eigenvalue weighted by Gasteiger charge is 2.18. The summed E-state index contributed by atoms with van der Waals surface area (Å²) in [7, 11) is 0. The summed E-state index contributed by atoms with van der Waals surface area (Å²) in [5.41, 5.74) is 10.7. The van der Waals surface area contributed by atoms with Gasteiger partial charge < -0.3 is 26.4 Å². The highest BCUT2D eigenvalue weighted by molar-refractivity contribution is 6.15. The minimum Gasteiger partial charge on any atom is -0.508 e. The van der Waals surface area contributed by atoms with Gasteiger partial charge in [0.25, 0.3) is 11.9 Å². The van der Waals surface area contributed by atoms with Gasteiger partial charge in [-0.2, -0.15) is 4.98 Å². The van der Waals surface area contributed by atoms with Crippen LogP contribution >= 0.6 is 0 Å². The van der Waals surface area contributed by atoms with Crippen LogP contribution in [0.1, 0.15) is 30.5 Å². The number of hydrogen-bond acceptors (Lipinski definition) is 8. The monoisotopic (exact) mass is 437 g/mol. The summed E-state index contributed by atoms with van der Waals surface area (Å²) >= 11 is 0. The summed E-state index contributed by atoms with van der Waals surface area (Å²) in [5.74, 6) is -0.551. The van der Waals surface area contributed by atoms with Crippen LogP contribution in [0.15, 0.2) is 59.7 Å². The lowest BCUT2D eigenvalue weighted by Crippen LogP contribution is -2.03. The number of aromatic nitrogens is 2. The zero-order valence-electron chi connectivity index (χ0n) is 17.5. The van der Waals surface area contributed by atoms with Crippen molar-refractivity contribution in [3.8, 4) is 5.75 Å². The third-order valence-corrected chi connectivity index (χ3v) is 3.86. The van der Waals surface area contributed by atoms with Gasteiger partial charge in [-0.15, -0.1) is 0 Å². The first-order valence-corrected chi connectivity index (χ1v) is 9.37. The number of nitrogens with zero attached hydrogens (tertiary/aromatic N) is 3. The van der Waals surface area contributed by atoms with Gasteiger partial charge in [-0.25, -0.2) is 4.98 Å². The van der Waals surface area contributed by atoms with Crippen LogP contribution in [0.25, 0.3) is 0 Å². The van der Waals surface area contributed by atoms with Crippen molar-refractivity contribution in [2.24, 2.45) is 4.99 Å². The maximum Gasteiger partial charge on any atom is 0.300 e. The maximum absolute atomic E-state index is 9.45. The number of carboxylic acid groups (broad SMARTS) is 2. The second-order valence-electron chi connectivity index (χ2n) is 6.55. The number of nitrogens with one attached hydrogen (secondary N) is 1. The van der Waals surface area contributed by atoms with E-state index in [0.29, 0.717) is 12.4 Å². The van der Waals surface area contributed by atoms with Gasteiger partial charge in [0.15, 0.2) is 0 Å². The number of rotatable bonds is 3. The predicted molar refractivity (Wildman–Crippen MR) is 120 cm³/mol. The van der Waals surface area contributed by atoms with E-state index in [4.69, 9.17) is 25.5 Å². The first-order valence-electron chi connectivity index (χ1n) is 9.37. The van der Waals surface area contributed by atoms with Crippen molar-refractivity contribution < 1.29 is 24.9 Å². The van der Waals surface area contributed by atoms with Crippen molar-refractivity contribution in [3.63, 3.8) is 0 Å². The molecule has 1 aromatic heterocycles. The second kappa shape index (κ2) is 11.1. The normalized spacial score (nSPS) is 11.0. The molecule has 3 aromatic rings. The Morgan fingerprint density at radius 2 is 1.62 bits per heavy atom. The number of phenolic OH excluding ortho intramolecular Hbond substituents is 1. The summed E-state index contributed by atoms with van der Waals surface area (Å²) in [6.45, 7) is 2.83. The molecular formula is C22H23N5O5. The number of nitrogens with two attached hydrogens (primary N) is 1. The summed E-state index contributed by atoms with van der Waals surface area (Å²) in [5, 5.41) is 27.5. The zero-order valence-corrected chi connectivity index (χ0v) is 17.5. The molecule has 2 aromatic carbocycles. The van der Waals surface area contributed by atoms with Crippen LogP contribution in [-0.2, 0) is 16.1 Å². The zero-order chi connectivity index (χ0) is 23.7. The number of nitrogen functional groups attached to an aromatic ring is 1. The number of benzene rings is 2. The Labute approximate surface area is 184 Å². The molecule has 32 heavy (non-hydrogen) atoms. The second-order valence-corrected chi connectivity index (χ2v) is 6.55. The molecule has 1 aliphatic rings. The van der Waals surface area contributed by atoms with E-state index in [9.17, 15) is 5.11 Å². The molecule has 0 amide bonds. The van der Waals surface area contributed by atoms with Crippen LogP contribution in [-0.4, -0.2) is 42.9 Å². The van der Waals surface area contributed by atoms with Gasteiger partial charge in [0, 0.05) is 36.9 Å². The number of aromatic hydroxyl groups is 1. The fourth-order valence-electron chi connectivity index (χ4n) is 2.72. The smallest absolute Gasteiger partial charge is 0.300 e. The molecule has 0 saturated carbocycles. The van der Waals surface area contributed by atoms with Crippen LogP contribution < -0.4 is 11.1 Å². The van der Waals surface area contributed by atoms with E-state index in [1.54, 1.807) is 24.4 Å². The highest BCUT2D eigenvalue weighted by atomic mass is 16.4. The summed E-state index contributed by atoms with van der Waals surface area (Å²) in [6.07, 6.45) is 1.61. The van der Waals surface area contributed by atoms with Gasteiger partial charge in [-0.05, 0) is 48.0 Å². The molecule has 0 spiro atoms. The largest absolute Gasteiger partial charge is 0.508 e. The average molecular weight is 437 g/mol. The Kier molecular flexibility index (Phi) is 8.23. The highest BCUT2D eigenvalue weighted by Crippen LogP contribution is 2.27. The SMILES string of the molecule is CC(=O)O.CC(=O)O.Nc1nccc(Nc2ccc3c(c2)C(c2ccc(O)cc2)=NC3)n1. The van der Waals surface area contributed by atoms with Crippen molar-refractivity contribution in [1.82, 2.24) is 9.97 Å². The molecule has 1 aliphatic heterocycles. The molecule has 0 saturated heterocycles. The van der Waals surface area contributed by atoms with Gasteiger partial charge in [-0.1, -0.05) is 6.07 Å². The third-order valence-electron chi connectivity index (χ3n) is 3.86. The lowest BCUT2D eigenvalue weighted by atomic mass is 9.99. The molecular weight excluding hydrogens is 414 g/mol. The van der Waals surface area contributed by atoms with Gasteiger partial charge in [-0.3, -0.25) is 14.6 Å². The van der Waals surface area contributed by atoms with E-state index < -0.39 is 11.9 Å². The molecule has 2 heterocycles. The van der Waals surface area contributed by atoms with Crippen molar-refractivity contribution in [2.75, 3.05) is 11.1 Å². The van der Waals surface area contributed by atoms with Crippen LogP contribution in [0.2, 0.25) is 0 Å². The Hall–Kier alpha value is -4.47. The minimum absolute atomic E-state index is 0.229. The van der Waals surface area contributed by atoms with E-state index in [1.165, 1.54) is 5.56 Å². The van der Waals surface area contributed by atoms with Crippen LogP contribution in [0.3, 0.4) is 0 Å². The van der Waals surface area contributed by atoms with Crippen molar-refractivity contribution in [1.29, 1.82) is 0 Å². The molecule has 6 N–H and O–H groups in total. The van der Waals surface area contributed by atoms with Crippen molar-refractivity contribution in [2.45, 2.75) is 20.4 Å². The Morgan fingerprint density at radius 3 is 2.22 bits per heavy atom. The van der Waals surface area contributed by atoms with Gasteiger partial charge in [0.1, 0.15) is 11.6 Å². The molecule has 0 bridgehead atoms.